The molecule has 0 unspecified atom stereocenters. The van der Waals surface area contributed by atoms with Crippen LogP contribution in [0.4, 0.5) is 0 Å². The molecule has 72 heavy (non-hydrogen) atoms. The van der Waals surface area contributed by atoms with Crippen LogP contribution in [0.5, 0.6) is 0 Å². The normalized spacial score (nSPS) is 25.5. The van der Waals surface area contributed by atoms with Gasteiger partial charge in [0.15, 0.2) is 0 Å². The van der Waals surface area contributed by atoms with Gasteiger partial charge in [0.2, 0.25) is 59.1 Å². The summed E-state index contributed by atoms with van der Waals surface area (Å²) in [4.78, 5) is 151. The molecule has 3 rings (SSSR count). The van der Waals surface area contributed by atoms with Gasteiger partial charge in [0.05, 0.1) is 25.6 Å². The van der Waals surface area contributed by atoms with E-state index in [9.17, 15) is 68.1 Å². The number of thiol groups is 1. The zero-order valence-corrected chi connectivity index (χ0v) is 41.2. The standard InChI is InChI=1S/C45H68N12O14S/c1-22-37(63)49-23(2)38(64)51-28(14-8-9-15-46)39(65)52-29(13-5-4-10-16-72)40(66)53-30(17-25-20-48-27-12-7-6-11-26(25)27)43(69)57-36(24(3)59)45(71)55-32(19-35(61)62)42(68)54-31(18-34(47)60)41(67)56-33(21-58)44(70)50-22/h6-7,11-12,20,22-24,28-33,36,48,58-59,72H,4-5,8-10,13-19,21,46H2,1-3H3,(H2,47,60)(H,49,63)(H,50,70)(H,51,64)(H,52,65)(H,53,66)(H,54,68)(H,55,71)(H,56,67)(H,57,69)(H,61,62)/t22-,23-,24+,28+,29+,30+,31+,32+,33-,36-/m1/s1. The van der Waals surface area contributed by atoms with Crippen LogP contribution < -0.4 is 59.3 Å². The lowest BCUT2D eigenvalue weighted by Gasteiger charge is -2.28. The highest BCUT2D eigenvalue weighted by atomic mass is 32.1. The minimum atomic E-state index is -2.06. The molecule has 10 atom stereocenters. The van der Waals surface area contributed by atoms with E-state index in [1.54, 1.807) is 30.5 Å². The van der Waals surface area contributed by atoms with Gasteiger partial charge in [-0.2, -0.15) is 12.6 Å². The Labute approximate surface area is 420 Å². The first kappa shape index (κ1) is 59.5. The molecule has 17 N–H and O–H groups in total. The third kappa shape index (κ3) is 18.7. The van der Waals surface area contributed by atoms with E-state index in [0.29, 0.717) is 54.3 Å². The number of rotatable bonds is 17. The van der Waals surface area contributed by atoms with E-state index >= 15 is 0 Å². The number of nitrogens with one attached hydrogen (secondary N) is 10. The summed E-state index contributed by atoms with van der Waals surface area (Å²) < 4.78 is 0. The predicted octanol–water partition coefficient (Wildman–Crippen LogP) is -4.53. The van der Waals surface area contributed by atoms with Crippen LogP contribution in [0, 0.1) is 0 Å². The van der Waals surface area contributed by atoms with Gasteiger partial charge in [-0.1, -0.05) is 31.0 Å². The highest BCUT2D eigenvalue weighted by molar-refractivity contribution is 7.80. The van der Waals surface area contributed by atoms with Crippen LogP contribution in [-0.4, -0.2) is 165 Å². The molecule has 1 aromatic carbocycles. The summed E-state index contributed by atoms with van der Waals surface area (Å²) in [7, 11) is 0. The zero-order valence-electron chi connectivity index (χ0n) is 40.3. The van der Waals surface area contributed by atoms with Crippen LogP contribution in [0.2, 0.25) is 0 Å². The Bertz CT molecular complexity index is 2260. The molecule has 10 amide bonds. The van der Waals surface area contributed by atoms with E-state index in [-0.39, 0.29) is 25.8 Å². The van der Waals surface area contributed by atoms with Crippen molar-refractivity contribution in [2.45, 2.75) is 145 Å². The fraction of sp³-hybridized carbons (Fsp3) is 0.578. The maximum Gasteiger partial charge on any atom is 0.305 e. The second kappa shape index (κ2) is 29.5. The fourth-order valence-electron chi connectivity index (χ4n) is 7.48. The first-order valence-electron chi connectivity index (χ1n) is 23.5. The Kier molecular flexibility index (Phi) is 24.4. The van der Waals surface area contributed by atoms with Crippen molar-refractivity contribution in [1.29, 1.82) is 0 Å². The number of aromatic nitrogens is 1. The SMILES string of the molecule is C[C@H](O)[C@H]1NC(=O)[C@H](Cc2c[nH]c3ccccc23)NC(=O)[C@H](CCCCCS)NC(=O)[C@H](CCCCN)NC(=O)[C@@H](C)NC(=O)[C@@H](C)NC(=O)[C@@H](CO)NC(=O)[C@H](CC(N)=O)NC(=O)[C@H](CC(=O)O)NC1=O. The summed E-state index contributed by atoms with van der Waals surface area (Å²) in [5, 5.41) is 52.6. The van der Waals surface area contributed by atoms with E-state index in [4.69, 9.17) is 11.5 Å². The van der Waals surface area contributed by atoms with Crippen LogP contribution in [0.15, 0.2) is 30.5 Å². The van der Waals surface area contributed by atoms with Crippen LogP contribution in [0.25, 0.3) is 10.9 Å². The maximum atomic E-state index is 14.4. The average Bonchev–Trinajstić information content (AvgIpc) is 3.73. The number of fused-ring (bicyclic) bond motifs is 1. The van der Waals surface area contributed by atoms with Gasteiger partial charge in [-0.15, -0.1) is 0 Å². The molecule has 0 spiro atoms. The topological polar surface area (TPSA) is 425 Å². The van der Waals surface area contributed by atoms with Crippen molar-refractivity contribution in [3.63, 3.8) is 0 Å². The van der Waals surface area contributed by atoms with E-state index < -0.39 is 145 Å². The van der Waals surface area contributed by atoms with Crippen molar-refractivity contribution in [2.24, 2.45) is 11.5 Å². The molecule has 0 aliphatic carbocycles. The molecule has 2 heterocycles. The number of primary amides is 1. The Morgan fingerprint density at radius 2 is 1.08 bits per heavy atom. The molecule has 0 saturated carbocycles. The molecule has 1 aliphatic heterocycles. The third-order valence-corrected chi connectivity index (χ3v) is 11.8. The number of H-pyrrole nitrogens is 1. The molecule has 0 radical (unpaired) electrons. The Hall–Kier alpha value is -6.84. The highest BCUT2D eigenvalue weighted by Gasteiger charge is 2.37. The van der Waals surface area contributed by atoms with E-state index in [0.717, 1.165) is 6.92 Å². The third-order valence-electron chi connectivity index (χ3n) is 11.5. The van der Waals surface area contributed by atoms with Crippen LogP contribution in [0.3, 0.4) is 0 Å². The predicted molar refractivity (Wildman–Crippen MR) is 261 cm³/mol. The summed E-state index contributed by atoms with van der Waals surface area (Å²) in [6, 6.07) is -7.72. The van der Waals surface area contributed by atoms with E-state index in [1.165, 1.54) is 13.8 Å². The highest BCUT2D eigenvalue weighted by Crippen LogP contribution is 2.20. The van der Waals surface area contributed by atoms with Crippen LogP contribution in [0.1, 0.15) is 84.1 Å². The van der Waals surface area contributed by atoms with Crippen LogP contribution >= 0.6 is 12.6 Å². The first-order chi connectivity index (χ1) is 34.1. The van der Waals surface area contributed by atoms with E-state index in [2.05, 4.69) is 65.5 Å². The number of hydrogen-bond acceptors (Lipinski definition) is 15. The first-order valence-corrected chi connectivity index (χ1v) is 24.1. The molecule has 0 bridgehead atoms. The Morgan fingerprint density at radius 3 is 1.65 bits per heavy atom. The molecular weight excluding hydrogens is 965 g/mol. The molecule has 1 aliphatic rings. The number of carboxylic acid groups (broad SMARTS) is 1. The van der Waals surface area contributed by atoms with Gasteiger partial charge >= 0.3 is 5.97 Å². The summed E-state index contributed by atoms with van der Waals surface area (Å²) in [6.45, 7) is 2.75. The number of aromatic amines is 1. The Balaban J connectivity index is 2.18. The lowest BCUT2D eigenvalue weighted by atomic mass is 10.0. The van der Waals surface area contributed by atoms with Gasteiger partial charge in [-0.3, -0.25) is 52.7 Å². The minimum absolute atomic E-state index is 0.0350. The lowest BCUT2D eigenvalue weighted by molar-refractivity contribution is -0.142. The fourth-order valence-corrected chi connectivity index (χ4v) is 7.70. The summed E-state index contributed by atoms with van der Waals surface area (Å²) >= 11 is 4.26. The number of aliphatic carboxylic acids is 1. The minimum Gasteiger partial charge on any atom is -0.481 e. The molecule has 1 fully saturated rings. The van der Waals surface area contributed by atoms with Crippen molar-refractivity contribution in [3.8, 4) is 0 Å². The second-order valence-corrected chi connectivity index (χ2v) is 17.9. The van der Waals surface area contributed by atoms with Gasteiger partial charge < -0.3 is 79.6 Å². The van der Waals surface area contributed by atoms with E-state index in [1.807, 2.05) is 0 Å². The number of carbonyl (C=O) groups excluding carboxylic acids is 10. The monoisotopic (exact) mass is 1030 g/mol. The van der Waals surface area contributed by atoms with Crippen molar-refractivity contribution < 1.29 is 68.1 Å². The van der Waals surface area contributed by atoms with Crippen LogP contribution in [-0.2, 0) is 59.2 Å². The molecule has 398 valence electrons. The van der Waals surface area contributed by atoms with Crippen molar-refractivity contribution >= 4 is 88.6 Å². The summed E-state index contributed by atoms with van der Waals surface area (Å²) in [5.41, 5.74) is 12.2. The van der Waals surface area contributed by atoms with Crippen molar-refractivity contribution in [2.75, 3.05) is 18.9 Å². The lowest BCUT2D eigenvalue weighted by Crippen LogP contribution is -2.62. The molecule has 1 saturated heterocycles. The maximum absolute atomic E-state index is 14.4. The van der Waals surface area contributed by atoms with Gasteiger partial charge in [-0.25, -0.2) is 0 Å². The number of para-hydroxylation sites is 1. The van der Waals surface area contributed by atoms with Crippen molar-refractivity contribution in [1.82, 2.24) is 52.8 Å². The largest absolute Gasteiger partial charge is 0.481 e. The number of benzene rings is 1. The number of hydrogen-bond donors (Lipinski definition) is 16. The number of amides is 10. The number of carbonyl (C=O) groups is 11. The number of aliphatic hydroxyl groups is 2. The zero-order chi connectivity index (χ0) is 53.7. The average molecular weight is 1030 g/mol. The Morgan fingerprint density at radius 1 is 0.611 bits per heavy atom. The summed E-state index contributed by atoms with van der Waals surface area (Å²) in [6.07, 6.45) is -0.00774. The van der Waals surface area contributed by atoms with Crippen molar-refractivity contribution in [3.05, 3.63) is 36.0 Å². The molecule has 26 nitrogen and oxygen atoms in total. The van der Waals surface area contributed by atoms with Gasteiger partial charge in [0.1, 0.15) is 54.4 Å². The second-order valence-electron chi connectivity index (χ2n) is 17.4. The molecular formula is C45H68N12O14S. The molecule has 1 aromatic heterocycles. The number of carboxylic acids is 1. The van der Waals surface area contributed by atoms with Gasteiger partial charge in [0, 0.05) is 23.5 Å². The smallest absolute Gasteiger partial charge is 0.305 e. The number of aliphatic hydroxyl groups excluding tert-OH is 2. The quantitative estimate of drug-likeness (QED) is 0.0524. The number of nitrogens with two attached hydrogens (primary N) is 2. The molecule has 2 aromatic rings. The number of unbranched alkanes of at least 4 members (excludes halogenated alkanes) is 3. The van der Waals surface area contributed by atoms with Gasteiger partial charge in [0.25, 0.3) is 0 Å². The molecule has 27 heteroatoms. The van der Waals surface area contributed by atoms with Gasteiger partial charge in [-0.05, 0) is 76.8 Å². The summed E-state index contributed by atoms with van der Waals surface area (Å²) in [5.74, 6) is -11.9.